The van der Waals surface area contributed by atoms with Gasteiger partial charge in [-0.25, -0.2) is 0 Å². The predicted octanol–water partition coefficient (Wildman–Crippen LogP) is 3.43. The van der Waals surface area contributed by atoms with Crippen LogP contribution in [-0.2, 0) is 0 Å². The summed E-state index contributed by atoms with van der Waals surface area (Å²) in [7, 11) is 0. The smallest absolute Gasteiger partial charge is 0.0106 e. The summed E-state index contributed by atoms with van der Waals surface area (Å²) in [4.78, 5) is 0.915. The van der Waals surface area contributed by atoms with Crippen LogP contribution in [0.4, 0.5) is 0 Å². The Morgan fingerprint density at radius 1 is 1.17 bits per heavy atom. The topological polar surface area (TPSA) is 0 Å². The molecule has 0 spiro atoms. The predicted molar refractivity (Wildman–Crippen MR) is 58.2 cm³/mol. The Hall–Kier alpha value is -0.950. The monoisotopic (exact) mass is 176 g/mol. The molecule has 1 aliphatic rings. The van der Waals surface area contributed by atoms with Crippen LogP contribution in [0.5, 0.6) is 0 Å². The van der Waals surface area contributed by atoms with Crippen molar-refractivity contribution in [1.82, 2.24) is 0 Å². The van der Waals surface area contributed by atoms with Gasteiger partial charge in [-0.2, -0.15) is 0 Å². The average molecular weight is 176 g/mol. The number of hydrogen-bond donors (Lipinski definition) is 1. The quantitative estimate of drug-likeness (QED) is 0.537. The fraction of sp³-hybridized carbons (Fsp3) is 0.0909. The van der Waals surface area contributed by atoms with E-state index in [1.807, 2.05) is 30.4 Å². The minimum Gasteiger partial charge on any atom is -0.143 e. The van der Waals surface area contributed by atoms with Crippen LogP contribution in [0, 0.1) is 0 Å². The van der Waals surface area contributed by atoms with E-state index in [0.717, 1.165) is 16.9 Å². The van der Waals surface area contributed by atoms with Gasteiger partial charge in [0, 0.05) is 4.91 Å². The van der Waals surface area contributed by atoms with E-state index in [4.69, 9.17) is 0 Å². The van der Waals surface area contributed by atoms with Gasteiger partial charge in [0.2, 0.25) is 0 Å². The second kappa shape index (κ2) is 4.83. The van der Waals surface area contributed by atoms with Crippen molar-refractivity contribution in [3.63, 3.8) is 0 Å². The molecule has 0 N–H and O–H groups in total. The zero-order valence-corrected chi connectivity index (χ0v) is 7.80. The number of allylic oxidation sites excluding steroid dienone is 8. The van der Waals surface area contributed by atoms with Crippen LogP contribution >= 0.6 is 12.6 Å². The molecule has 1 rings (SSSR count). The maximum atomic E-state index is 4.29. The van der Waals surface area contributed by atoms with E-state index in [1.54, 1.807) is 0 Å². The Labute approximate surface area is 79.1 Å². The van der Waals surface area contributed by atoms with Crippen molar-refractivity contribution in [2.24, 2.45) is 0 Å². The molecule has 0 heterocycles. The molecule has 1 heteroatoms. The SMILES string of the molecule is C=C1C=CC=CC/C=C\C=C1S. The Morgan fingerprint density at radius 3 is 2.75 bits per heavy atom. The highest BCUT2D eigenvalue weighted by Crippen LogP contribution is 2.14. The Morgan fingerprint density at radius 2 is 1.92 bits per heavy atom. The summed E-state index contributed by atoms with van der Waals surface area (Å²) in [6, 6.07) is 0. The summed E-state index contributed by atoms with van der Waals surface area (Å²) in [6.45, 7) is 3.87. The van der Waals surface area contributed by atoms with Crippen LogP contribution in [0.25, 0.3) is 0 Å². The first kappa shape index (κ1) is 9.14. The third-order valence-corrected chi connectivity index (χ3v) is 1.97. The number of rotatable bonds is 0. The number of hydrogen-bond acceptors (Lipinski definition) is 1. The van der Waals surface area contributed by atoms with Gasteiger partial charge in [-0.3, -0.25) is 0 Å². The van der Waals surface area contributed by atoms with Crippen molar-refractivity contribution < 1.29 is 0 Å². The van der Waals surface area contributed by atoms with Gasteiger partial charge in [0.25, 0.3) is 0 Å². The molecule has 62 valence electrons. The largest absolute Gasteiger partial charge is 0.143 e. The molecule has 0 saturated heterocycles. The van der Waals surface area contributed by atoms with Gasteiger partial charge in [-0.1, -0.05) is 43.0 Å². The third kappa shape index (κ3) is 2.97. The molecule has 0 atom stereocenters. The van der Waals surface area contributed by atoms with Gasteiger partial charge in [-0.05, 0) is 18.1 Å². The zero-order valence-electron chi connectivity index (χ0n) is 6.90. The molecule has 0 amide bonds. The van der Waals surface area contributed by atoms with Gasteiger partial charge >= 0.3 is 0 Å². The fourth-order valence-corrected chi connectivity index (χ4v) is 0.998. The molecule has 0 aromatic carbocycles. The van der Waals surface area contributed by atoms with Gasteiger partial charge in [0.15, 0.2) is 0 Å². The lowest BCUT2D eigenvalue weighted by atomic mass is 10.2. The van der Waals surface area contributed by atoms with Crippen LogP contribution in [0.15, 0.2) is 59.6 Å². The normalized spacial score (nSPS) is 20.4. The summed E-state index contributed by atoms with van der Waals surface area (Å²) >= 11 is 4.29. The molecule has 0 aromatic heterocycles. The van der Waals surface area contributed by atoms with Gasteiger partial charge in [0.1, 0.15) is 0 Å². The van der Waals surface area contributed by atoms with E-state index in [-0.39, 0.29) is 0 Å². The highest BCUT2D eigenvalue weighted by Gasteiger charge is 1.90. The molecule has 0 radical (unpaired) electrons. The van der Waals surface area contributed by atoms with E-state index in [0.29, 0.717) is 0 Å². The van der Waals surface area contributed by atoms with Crippen molar-refractivity contribution >= 4 is 12.6 Å². The molecule has 0 aromatic rings. The summed E-state index contributed by atoms with van der Waals surface area (Å²) < 4.78 is 0. The van der Waals surface area contributed by atoms with Gasteiger partial charge in [0.05, 0.1) is 0 Å². The van der Waals surface area contributed by atoms with E-state index in [1.165, 1.54) is 0 Å². The second-order valence-corrected chi connectivity index (χ2v) is 3.01. The molecule has 12 heavy (non-hydrogen) atoms. The molecule has 1 aliphatic carbocycles. The first-order valence-electron chi connectivity index (χ1n) is 3.89. The minimum atomic E-state index is 0.915. The molecule has 0 unspecified atom stereocenters. The van der Waals surface area contributed by atoms with E-state index in [9.17, 15) is 0 Å². The van der Waals surface area contributed by atoms with E-state index < -0.39 is 0 Å². The zero-order chi connectivity index (χ0) is 8.81. The summed E-state index contributed by atoms with van der Waals surface area (Å²) in [5, 5.41) is 0. The van der Waals surface area contributed by atoms with Crippen molar-refractivity contribution in [3.8, 4) is 0 Å². The highest BCUT2D eigenvalue weighted by atomic mass is 32.1. The van der Waals surface area contributed by atoms with E-state index >= 15 is 0 Å². The Kier molecular flexibility index (Phi) is 3.68. The van der Waals surface area contributed by atoms with E-state index in [2.05, 4.69) is 31.4 Å². The first-order chi connectivity index (χ1) is 5.80. The standard InChI is InChI=1S/C11H12S/c1-10-8-6-4-2-3-5-7-9-11(10)12/h2,4-9,12H,1,3H2/b4-2?,7-5-,8-6?,11-9?. The lowest BCUT2D eigenvalue weighted by Crippen LogP contribution is -1.75. The van der Waals surface area contributed by atoms with Crippen molar-refractivity contribution in [1.29, 1.82) is 0 Å². The summed E-state index contributed by atoms with van der Waals surface area (Å²) in [5.41, 5.74) is 0.939. The van der Waals surface area contributed by atoms with Crippen molar-refractivity contribution in [3.05, 3.63) is 59.6 Å². The lowest BCUT2D eigenvalue weighted by Gasteiger charge is -1.96. The summed E-state index contributed by atoms with van der Waals surface area (Å²) in [6.07, 6.45) is 15.0. The average Bonchev–Trinajstić information content (AvgIpc) is 2.08. The highest BCUT2D eigenvalue weighted by molar-refractivity contribution is 7.84. The van der Waals surface area contributed by atoms with Crippen LogP contribution in [0.2, 0.25) is 0 Å². The van der Waals surface area contributed by atoms with Crippen molar-refractivity contribution in [2.75, 3.05) is 0 Å². The number of thiol groups is 1. The van der Waals surface area contributed by atoms with Gasteiger partial charge in [-0.15, -0.1) is 12.6 Å². The molecule has 0 nitrogen and oxygen atoms in total. The molecule has 0 fully saturated rings. The molecule has 0 saturated carbocycles. The Bertz CT molecular complexity index is 277. The Balaban J connectivity index is 2.83. The lowest BCUT2D eigenvalue weighted by molar-refractivity contribution is 1.39. The maximum absolute atomic E-state index is 4.29. The van der Waals surface area contributed by atoms with Crippen LogP contribution < -0.4 is 0 Å². The van der Waals surface area contributed by atoms with Crippen molar-refractivity contribution in [2.45, 2.75) is 6.42 Å². The third-order valence-electron chi connectivity index (χ3n) is 1.54. The fourth-order valence-electron chi connectivity index (χ4n) is 0.838. The second-order valence-electron chi connectivity index (χ2n) is 2.53. The molecule has 0 aliphatic heterocycles. The van der Waals surface area contributed by atoms with Crippen LogP contribution in [0.1, 0.15) is 6.42 Å². The molecular weight excluding hydrogens is 164 g/mol. The minimum absolute atomic E-state index is 0.915. The van der Waals surface area contributed by atoms with Crippen LogP contribution in [-0.4, -0.2) is 0 Å². The molecule has 0 bridgehead atoms. The molecular formula is C11H12S. The van der Waals surface area contributed by atoms with Gasteiger partial charge < -0.3 is 0 Å². The first-order valence-corrected chi connectivity index (χ1v) is 4.33. The summed E-state index contributed by atoms with van der Waals surface area (Å²) in [5.74, 6) is 0. The van der Waals surface area contributed by atoms with Crippen LogP contribution in [0.3, 0.4) is 0 Å². The maximum Gasteiger partial charge on any atom is 0.0106 e.